The van der Waals surface area contributed by atoms with E-state index in [0.29, 0.717) is 26.3 Å². The van der Waals surface area contributed by atoms with Crippen LogP contribution in [0.2, 0.25) is 0 Å². The summed E-state index contributed by atoms with van der Waals surface area (Å²) in [6.45, 7) is 5.78. The van der Waals surface area contributed by atoms with Gasteiger partial charge in [0.15, 0.2) is 0 Å². The summed E-state index contributed by atoms with van der Waals surface area (Å²) in [4.78, 5) is 25.5. The van der Waals surface area contributed by atoms with Crippen molar-refractivity contribution in [2.75, 3.05) is 47.1 Å². The highest BCUT2D eigenvalue weighted by atomic mass is 16.5. The first-order valence-electron chi connectivity index (χ1n) is 7.23. The van der Waals surface area contributed by atoms with Gasteiger partial charge in [-0.3, -0.25) is 9.59 Å². The van der Waals surface area contributed by atoms with Crippen LogP contribution in [0.5, 0.6) is 0 Å². The third kappa shape index (κ3) is 8.64. The van der Waals surface area contributed by atoms with Gasteiger partial charge in [-0.1, -0.05) is 13.8 Å². The lowest BCUT2D eigenvalue weighted by atomic mass is 10.1. The standard InChI is InChI=1S/C14H29N3O4/c1-11(2)13(15)14(19)16-10-12(18)17(7-9-21-4)6-5-8-20-3/h11,13H,5-10,15H2,1-4H3,(H,16,19)/t13-/m0/s1. The van der Waals surface area contributed by atoms with Crippen LogP contribution in [0.4, 0.5) is 0 Å². The number of amides is 2. The topological polar surface area (TPSA) is 93.9 Å². The highest BCUT2D eigenvalue weighted by Gasteiger charge is 2.19. The zero-order chi connectivity index (χ0) is 16.3. The number of methoxy groups -OCH3 is 2. The number of carbonyl (C=O) groups is 2. The molecular weight excluding hydrogens is 274 g/mol. The van der Waals surface area contributed by atoms with E-state index in [-0.39, 0.29) is 24.3 Å². The van der Waals surface area contributed by atoms with E-state index in [0.717, 1.165) is 6.42 Å². The molecule has 21 heavy (non-hydrogen) atoms. The minimum absolute atomic E-state index is 0.0337. The van der Waals surface area contributed by atoms with Gasteiger partial charge in [-0.15, -0.1) is 0 Å². The molecule has 0 aromatic heterocycles. The van der Waals surface area contributed by atoms with Crippen molar-refractivity contribution in [3.8, 4) is 0 Å². The fourth-order valence-corrected chi connectivity index (χ4v) is 1.66. The fourth-order valence-electron chi connectivity index (χ4n) is 1.66. The van der Waals surface area contributed by atoms with E-state index < -0.39 is 6.04 Å². The van der Waals surface area contributed by atoms with Crippen LogP contribution in [0.1, 0.15) is 20.3 Å². The summed E-state index contributed by atoms with van der Waals surface area (Å²) in [6, 6.07) is -0.598. The maximum absolute atomic E-state index is 12.1. The third-order valence-corrected chi connectivity index (χ3v) is 3.13. The molecule has 7 nitrogen and oxygen atoms in total. The van der Waals surface area contributed by atoms with Crippen molar-refractivity contribution in [1.29, 1.82) is 0 Å². The van der Waals surface area contributed by atoms with Crippen molar-refractivity contribution < 1.29 is 19.1 Å². The number of hydrogen-bond donors (Lipinski definition) is 2. The van der Waals surface area contributed by atoms with Crippen molar-refractivity contribution in [1.82, 2.24) is 10.2 Å². The Kier molecular flexibility index (Phi) is 10.8. The second-order valence-electron chi connectivity index (χ2n) is 5.21. The van der Waals surface area contributed by atoms with Crippen LogP contribution < -0.4 is 11.1 Å². The summed E-state index contributed by atoms with van der Waals surface area (Å²) in [6.07, 6.45) is 0.741. The second-order valence-corrected chi connectivity index (χ2v) is 5.21. The maximum atomic E-state index is 12.1. The van der Waals surface area contributed by atoms with Gasteiger partial charge >= 0.3 is 0 Å². The lowest BCUT2D eigenvalue weighted by molar-refractivity contribution is -0.134. The first kappa shape index (κ1) is 19.8. The lowest BCUT2D eigenvalue weighted by Crippen LogP contribution is -2.48. The van der Waals surface area contributed by atoms with E-state index in [1.54, 1.807) is 19.1 Å². The summed E-state index contributed by atoms with van der Waals surface area (Å²) in [7, 11) is 3.20. The molecule has 0 spiro atoms. The molecule has 2 amide bonds. The highest BCUT2D eigenvalue weighted by molar-refractivity contribution is 5.87. The van der Waals surface area contributed by atoms with Crippen LogP contribution in [0.3, 0.4) is 0 Å². The molecule has 0 aromatic carbocycles. The molecule has 0 heterocycles. The molecule has 0 radical (unpaired) electrons. The molecule has 0 aliphatic heterocycles. The average Bonchev–Trinajstić information content (AvgIpc) is 2.46. The minimum Gasteiger partial charge on any atom is -0.385 e. The number of ether oxygens (including phenoxy) is 2. The van der Waals surface area contributed by atoms with Crippen LogP contribution >= 0.6 is 0 Å². The number of hydrogen-bond acceptors (Lipinski definition) is 5. The van der Waals surface area contributed by atoms with Gasteiger partial charge in [0, 0.05) is 33.9 Å². The fraction of sp³-hybridized carbons (Fsp3) is 0.857. The van der Waals surface area contributed by atoms with E-state index in [4.69, 9.17) is 15.2 Å². The molecule has 0 rings (SSSR count). The van der Waals surface area contributed by atoms with Crippen molar-refractivity contribution >= 4 is 11.8 Å². The first-order valence-corrected chi connectivity index (χ1v) is 7.23. The zero-order valence-electron chi connectivity index (χ0n) is 13.6. The summed E-state index contributed by atoms with van der Waals surface area (Å²) in [5.41, 5.74) is 5.73. The Hall–Kier alpha value is -1.18. The van der Waals surface area contributed by atoms with E-state index in [9.17, 15) is 9.59 Å². The van der Waals surface area contributed by atoms with Gasteiger partial charge in [0.25, 0.3) is 0 Å². The number of nitrogens with two attached hydrogens (primary N) is 1. The smallest absolute Gasteiger partial charge is 0.242 e. The number of rotatable bonds is 11. The SMILES string of the molecule is COCCCN(CCOC)C(=O)CNC(=O)[C@@H](N)C(C)C. The van der Waals surface area contributed by atoms with Gasteiger partial charge in [0.2, 0.25) is 11.8 Å². The Labute approximate surface area is 127 Å². The van der Waals surface area contributed by atoms with Gasteiger partial charge in [0.05, 0.1) is 19.2 Å². The molecule has 0 saturated carbocycles. The lowest BCUT2D eigenvalue weighted by Gasteiger charge is -2.23. The molecule has 0 fully saturated rings. The van der Waals surface area contributed by atoms with Crippen LogP contribution in [0.15, 0.2) is 0 Å². The van der Waals surface area contributed by atoms with Crippen LogP contribution in [0, 0.1) is 5.92 Å². The Balaban J connectivity index is 4.28. The molecular formula is C14H29N3O4. The first-order chi connectivity index (χ1) is 9.93. The van der Waals surface area contributed by atoms with E-state index in [2.05, 4.69) is 5.32 Å². The van der Waals surface area contributed by atoms with Gasteiger partial charge in [-0.05, 0) is 12.3 Å². The second kappa shape index (κ2) is 11.5. The zero-order valence-corrected chi connectivity index (χ0v) is 13.6. The minimum atomic E-state index is -0.598. The van der Waals surface area contributed by atoms with Crippen molar-refractivity contribution in [2.24, 2.45) is 11.7 Å². The largest absolute Gasteiger partial charge is 0.385 e. The molecule has 1 atom stereocenters. The van der Waals surface area contributed by atoms with E-state index >= 15 is 0 Å². The Morgan fingerprint density at radius 2 is 1.76 bits per heavy atom. The number of carbonyl (C=O) groups excluding carboxylic acids is 2. The number of nitrogens with zero attached hydrogens (tertiary/aromatic N) is 1. The Morgan fingerprint density at radius 1 is 1.14 bits per heavy atom. The summed E-state index contributed by atoms with van der Waals surface area (Å²) in [5, 5.41) is 2.58. The van der Waals surface area contributed by atoms with Crippen LogP contribution in [0.25, 0.3) is 0 Å². The van der Waals surface area contributed by atoms with Gasteiger partial charge in [-0.25, -0.2) is 0 Å². The van der Waals surface area contributed by atoms with Crippen molar-refractivity contribution in [3.05, 3.63) is 0 Å². The predicted molar refractivity (Wildman–Crippen MR) is 80.8 cm³/mol. The Bertz CT molecular complexity index is 311. The van der Waals surface area contributed by atoms with Crippen molar-refractivity contribution in [2.45, 2.75) is 26.3 Å². The quantitative estimate of drug-likeness (QED) is 0.506. The van der Waals surface area contributed by atoms with Gasteiger partial charge in [-0.2, -0.15) is 0 Å². The van der Waals surface area contributed by atoms with Crippen LogP contribution in [-0.2, 0) is 19.1 Å². The monoisotopic (exact) mass is 303 g/mol. The van der Waals surface area contributed by atoms with E-state index in [1.165, 1.54) is 0 Å². The molecule has 124 valence electrons. The molecule has 0 aliphatic carbocycles. The summed E-state index contributed by atoms with van der Waals surface area (Å²) < 4.78 is 9.97. The molecule has 7 heteroatoms. The highest BCUT2D eigenvalue weighted by Crippen LogP contribution is 1.98. The molecule has 0 saturated heterocycles. The normalized spacial score (nSPS) is 12.3. The van der Waals surface area contributed by atoms with Gasteiger partial charge in [0.1, 0.15) is 0 Å². The average molecular weight is 303 g/mol. The van der Waals surface area contributed by atoms with Crippen molar-refractivity contribution in [3.63, 3.8) is 0 Å². The predicted octanol–water partition coefficient (Wildman–Crippen LogP) is -0.403. The Morgan fingerprint density at radius 3 is 2.29 bits per heavy atom. The molecule has 0 bridgehead atoms. The van der Waals surface area contributed by atoms with E-state index in [1.807, 2.05) is 13.8 Å². The maximum Gasteiger partial charge on any atom is 0.242 e. The van der Waals surface area contributed by atoms with Gasteiger partial charge < -0.3 is 25.4 Å². The third-order valence-electron chi connectivity index (χ3n) is 3.13. The molecule has 0 aromatic rings. The van der Waals surface area contributed by atoms with Crippen LogP contribution in [-0.4, -0.2) is 69.8 Å². The molecule has 0 aliphatic rings. The molecule has 3 N–H and O–H groups in total. The molecule has 0 unspecified atom stereocenters. The summed E-state index contributed by atoms with van der Waals surface area (Å²) >= 11 is 0. The number of nitrogens with one attached hydrogen (secondary N) is 1. The summed E-state index contributed by atoms with van der Waals surface area (Å²) in [5.74, 6) is -0.416.